The van der Waals surface area contributed by atoms with Crippen LogP contribution < -0.4 is 0 Å². The maximum Gasteiger partial charge on any atom is 0.339 e. The molecule has 0 bridgehead atoms. The van der Waals surface area contributed by atoms with E-state index in [9.17, 15) is 9.90 Å². The monoisotopic (exact) mass is 234 g/mol. The summed E-state index contributed by atoms with van der Waals surface area (Å²) >= 11 is 0. The first-order valence-corrected chi connectivity index (χ1v) is 6.58. The van der Waals surface area contributed by atoms with Gasteiger partial charge >= 0.3 is 5.97 Å². The van der Waals surface area contributed by atoms with Crippen molar-refractivity contribution in [2.24, 2.45) is 0 Å². The fourth-order valence-electron chi connectivity index (χ4n) is 2.92. The van der Waals surface area contributed by atoms with Gasteiger partial charge in [-0.25, -0.2) is 4.79 Å². The number of nitrogens with zero attached hydrogens (tertiary/aromatic N) is 2. The average molecular weight is 234 g/mol. The SMILES string of the molecule is O=C(O)c1cnn(C2CCCCC2)c1C1CC1. The van der Waals surface area contributed by atoms with Gasteiger partial charge in [0.15, 0.2) is 0 Å². The second-order valence-electron chi connectivity index (χ2n) is 5.26. The molecule has 4 nitrogen and oxygen atoms in total. The second-order valence-corrected chi connectivity index (χ2v) is 5.26. The van der Waals surface area contributed by atoms with Crippen molar-refractivity contribution >= 4 is 5.97 Å². The summed E-state index contributed by atoms with van der Waals surface area (Å²) in [7, 11) is 0. The fraction of sp³-hybridized carbons (Fsp3) is 0.692. The lowest BCUT2D eigenvalue weighted by Crippen LogP contribution is -2.17. The van der Waals surface area contributed by atoms with Gasteiger partial charge in [-0.15, -0.1) is 0 Å². The molecule has 2 saturated carbocycles. The molecule has 1 aromatic heterocycles. The van der Waals surface area contributed by atoms with Crippen LogP contribution in [0.1, 0.15) is 73.0 Å². The topological polar surface area (TPSA) is 55.1 Å². The van der Waals surface area contributed by atoms with E-state index in [2.05, 4.69) is 5.10 Å². The van der Waals surface area contributed by atoms with Crippen LogP contribution in [0.5, 0.6) is 0 Å². The average Bonchev–Trinajstić information content (AvgIpc) is 3.08. The minimum atomic E-state index is -0.825. The molecule has 2 aliphatic carbocycles. The molecule has 0 aliphatic heterocycles. The Balaban J connectivity index is 1.95. The first-order chi connectivity index (χ1) is 8.27. The highest BCUT2D eigenvalue weighted by molar-refractivity contribution is 5.89. The largest absolute Gasteiger partial charge is 0.478 e. The molecule has 0 radical (unpaired) electrons. The van der Waals surface area contributed by atoms with Crippen molar-refractivity contribution in [1.29, 1.82) is 0 Å². The predicted octanol–water partition coefficient (Wildman–Crippen LogP) is 2.96. The number of aromatic carboxylic acids is 1. The molecule has 4 heteroatoms. The van der Waals surface area contributed by atoms with Gasteiger partial charge in [-0.2, -0.15) is 5.10 Å². The third-order valence-electron chi connectivity index (χ3n) is 3.95. The molecule has 2 aliphatic rings. The Hall–Kier alpha value is -1.32. The Bertz CT molecular complexity index is 429. The zero-order valence-electron chi connectivity index (χ0n) is 9.93. The van der Waals surface area contributed by atoms with Crippen LogP contribution in [0.15, 0.2) is 6.20 Å². The first-order valence-electron chi connectivity index (χ1n) is 6.58. The van der Waals surface area contributed by atoms with E-state index in [1.807, 2.05) is 4.68 Å². The Morgan fingerprint density at radius 3 is 2.53 bits per heavy atom. The molecule has 1 heterocycles. The van der Waals surface area contributed by atoms with Crippen LogP contribution in [-0.2, 0) is 0 Å². The summed E-state index contributed by atoms with van der Waals surface area (Å²) in [6, 6.07) is 0.437. The smallest absolute Gasteiger partial charge is 0.339 e. The van der Waals surface area contributed by atoms with Crippen LogP contribution in [-0.4, -0.2) is 20.9 Å². The van der Waals surface area contributed by atoms with Crippen LogP contribution in [0, 0.1) is 0 Å². The summed E-state index contributed by atoms with van der Waals surface area (Å²) in [5.41, 5.74) is 1.42. The maximum absolute atomic E-state index is 11.2. The lowest BCUT2D eigenvalue weighted by atomic mass is 9.95. The van der Waals surface area contributed by atoms with Gasteiger partial charge in [-0.05, 0) is 25.7 Å². The minimum Gasteiger partial charge on any atom is -0.478 e. The highest BCUT2D eigenvalue weighted by Crippen LogP contribution is 2.43. The van der Waals surface area contributed by atoms with E-state index in [0.29, 0.717) is 17.5 Å². The summed E-state index contributed by atoms with van der Waals surface area (Å²) < 4.78 is 2.03. The van der Waals surface area contributed by atoms with Crippen LogP contribution in [0.25, 0.3) is 0 Å². The highest BCUT2D eigenvalue weighted by Gasteiger charge is 2.34. The molecular formula is C13H18N2O2. The standard InChI is InChI=1S/C13H18N2O2/c16-13(17)11-8-14-15(12(11)9-6-7-9)10-4-2-1-3-5-10/h8-10H,1-7H2,(H,16,17). The van der Waals surface area contributed by atoms with Crippen LogP contribution in [0.4, 0.5) is 0 Å². The summed E-state index contributed by atoms with van der Waals surface area (Å²) in [6.07, 6.45) is 9.90. The van der Waals surface area contributed by atoms with E-state index >= 15 is 0 Å². The zero-order valence-corrected chi connectivity index (χ0v) is 9.93. The molecule has 2 fully saturated rings. The normalized spacial score (nSPS) is 21.6. The quantitative estimate of drug-likeness (QED) is 0.874. The third kappa shape index (κ3) is 1.96. The van der Waals surface area contributed by atoms with Gasteiger partial charge in [0.2, 0.25) is 0 Å². The van der Waals surface area contributed by atoms with Gasteiger partial charge in [0.05, 0.1) is 17.9 Å². The molecule has 0 aromatic carbocycles. The fourth-order valence-corrected chi connectivity index (χ4v) is 2.92. The van der Waals surface area contributed by atoms with Gasteiger partial charge in [0, 0.05) is 5.92 Å². The molecule has 92 valence electrons. The van der Waals surface area contributed by atoms with Crippen molar-refractivity contribution in [3.8, 4) is 0 Å². The predicted molar refractivity (Wildman–Crippen MR) is 63.3 cm³/mol. The highest BCUT2D eigenvalue weighted by atomic mass is 16.4. The van der Waals surface area contributed by atoms with E-state index in [4.69, 9.17) is 0 Å². The van der Waals surface area contributed by atoms with E-state index < -0.39 is 5.97 Å². The molecular weight excluding hydrogens is 216 g/mol. The van der Waals surface area contributed by atoms with Crippen LogP contribution >= 0.6 is 0 Å². The Labute approximate surface area is 101 Å². The number of carboxylic acids is 1. The first kappa shape index (κ1) is 10.8. The summed E-state index contributed by atoms with van der Waals surface area (Å²) in [5, 5.41) is 13.6. The van der Waals surface area contributed by atoms with E-state index in [-0.39, 0.29) is 0 Å². The van der Waals surface area contributed by atoms with Crippen molar-refractivity contribution in [3.63, 3.8) is 0 Å². The van der Waals surface area contributed by atoms with Crippen molar-refractivity contribution in [3.05, 3.63) is 17.5 Å². The molecule has 0 saturated heterocycles. The Kier molecular flexibility index (Phi) is 2.65. The lowest BCUT2D eigenvalue weighted by molar-refractivity contribution is 0.0695. The molecule has 0 spiro atoms. The van der Waals surface area contributed by atoms with Gasteiger partial charge in [-0.1, -0.05) is 19.3 Å². The van der Waals surface area contributed by atoms with Crippen molar-refractivity contribution in [2.45, 2.75) is 56.9 Å². The maximum atomic E-state index is 11.2. The van der Waals surface area contributed by atoms with Gasteiger partial charge < -0.3 is 5.11 Å². The molecule has 1 N–H and O–H groups in total. The molecule has 0 atom stereocenters. The number of carboxylic acid groups (broad SMARTS) is 1. The Morgan fingerprint density at radius 2 is 1.94 bits per heavy atom. The lowest BCUT2D eigenvalue weighted by Gasteiger charge is -2.24. The number of rotatable bonds is 3. The number of carbonyl (C=O) groups is 1. The molecule has 17 heavy (non-hydrogen) atoms. The molecule has 3 rings (SSSR count). The van der Waals surface area contributed by atoms with E-state index in [1.54, 1.807) is 6.20 Å². The molecule has 0 amide bonds. The second kappa shape index (κ2) is 4.17. The van der Waals surface area contributed by atoms with E-state index in [0.717, 1.165) is 31.4 Å². The molecule has 1 aromatic rings. The van der Waals surface area contributed by atoms with Gasteiger partial charge in [0.1, 0.15) is 5.56 Å². The Morgan fingerprint density at radius 1 is 1.24 bits per heavy atom. The van der Waals surface area contributed by atoms with Crippen molar-refractivity contribution in [2.75, 3.05) is 0 Å². The van der Waals surface area contributed by atoms with Crippen LogP contribution in [0.2, 0.25) is 0 Å². The minimum absolute atomic E-state index is 0.429. The number of hydrogen-bond donors (Lipinski definition) is 1. The van der Waals surface area contributed by atoms with Crippen LogP contribution in [0.3, 0.4) is 0 Å². The number of aromatic nitrogens is 2. The third-order valence-corrected chi connectivity index (χ3v) is 3.95. The zero-order chi connectivity index (χ0) is 11.8. The summed E-state index contributed by atoms with van der Waals surface area (Å²) in [4.78, 5) is 11.2. The summed E-state index contributed by atoms with van der Waals surface area (Å²) in [5.74, 6) is -0.375. The van der Waals surface area contributed by atoms with Crippen molar-refractivity contribution < 1.29 is 9.90 Å². The van der Waals surface area contributed by atoms with Gasteiger partial charge in [-0.3, -0.25) is 4.68 Å². The van der Waals surface area contributed by atoms with Gasteiger partial charge in [0.25, 0.3) is 0 Å². The number of hydrogen-bond acceptors (Lipinski definition) is 2. The molecule has 0 unspecified atom stereocenters. The van der Waals surface area contributed by atoms with Crippen molar-refractivity contribution in [1.82, 2.24) is 9.78 Å². The van der Waals surface area contributed by atoms with E-state index in [1.165, 1.54) is 19.3 Å². The summed E-state index contributed by atoms with van der Waals surface area (Å²) in [6.45, 7) is 0.